The van der Waals surface area contributed by atoms with Gasteiger partial charge in [-0.25, -0.2) is 0 Å². The number of anilines is 2. The monoisotopic (exact) mass is 365 g/mol. The van der Waals surface area contributed by atoms with E-state index in [0.717, 1.165) is 24.3 Å². The van der Waals surface area contributed by atoms with Gasteiger partial charge in [-0.15, -0.1) is 0 Å². The topological polar surface area (TPSA) is 61.9 Å². The zero-order chi connectivity index (χ0) is 18.6. The number of para-hydroxylation sites is 1. The zero-order valence-corrected chi connectivity index (χ0v) is 15.2. The highest BCUT2D eigenvalue weighted by molar-refractivity contribution is 5.94. The molecule has 6 nitrogen and oxygen atoms in total. The van der Waals surface area contributed by atoms with Gasteiger partial charge in [-0.1, -0.05) is 18.2 Å². The van der Waals surface area contributed by atoms with Crippen molar-refractivity contribution < 1.29 is 14.3 Å². The van der Waals surface area contributed by atoms with E-state index in [9.17, 15) is 9.59 Å². The average Bonchev–Trinajstić information content (AvgIpc) is 2.72. The van der Waals surface area contributed by atoms with Crippen molar-refractivity contribution in [3.63, 3.8) is 0 Å². The highest BCUT2D eigenvalue weighted by Crippen LogP contribution is 2.26. The van der Waals surface area contributed by atoms with Gasteiger partial charge in [0.15, 0.2) is 6.61 Å². The van der Waals surface area contributed by atoms with Crippen LogP contribution in [0.25, 0.3) is 0 Å². The lowest BCUT2D eigenvalue weighted by Gasteiger charge is -2.36. The van der Waals surface area contributed by atoms with Crippen molar-refractivity contribution in [1.82, 2.24) is 4.90 Å². The molecule has 4 rings (SSSR count). The molecule has 140 valence electrons. The number of carbonyl (C=O) groups is 2. The predicted octanol–water partition coefficient (Wildman–Crippen LogP) is 2.30. The van der Waals surface area contributed by atoms with Crippen molar-refractivity contribution in [1.29, 1.82) is 0 Å². The fourth-order valence-corrected chi connectivity index (χ4v) is 3.54. The van der Waals surface area contributed by atoms with Gasteiger partial charge in [0.05, 0.1) is 0 Å². The van der Waals surface area contributed by atoms with Crippen molar-refractivity contribution in [2.45, 2.75) is 12.8 Å². The van der Waals surface area contributed by atoms with Crippen LogP contribution in [0.5, 0.6) is 5.75 Å². The highest BCUT2D eigenvalue weighted by Gasteiger charge is 2.22. The molecule has 0 aliphatic carbocycles. The largest absolute Gasteiger partial charge is 0.484 e. The first-order valence-corrected chi connectivity index (χ1v) is 9.32. The number of piperazine rings is 1. The van der Waals surface area contributed by atoms with E-state index in [1.807, 2.05) is 35.2 Å². The molecule has 6 heteroatoms. The van der Waals surface area contributed by atoms with E-state index < -0.39 is 0 Å². The van der Waals surface area contributed by atoms with Crippen LogP contribution in [-0.4, -0.2) is 49.5 Å². The van der Waals surface area contributed by atoms with E-state index in [2.05, 4.69) is 22.3 Å². The molecule has 2 aliphatic rings. The van der Waals surface area contributed by atoms with Gasteiger partial charge < -0.3 is 19.9 Å². The van der Waals surface area contributed by atoms with Crippen molar-refractivity contribution in [3.05, 3.63) is 54.1 Å². The first-order valence-electron chi connectivity index (χ1n) is 9.32. The van der Waals surface area contributed by atoms with Gasteiger partial charge >= 0.3 is 0 Å². The summed E-state index contributed by atoms with van der Waals surface area (Å²) in [7, 11) is 0. The van der Waals surface area contributed by atoms with Crippen LogP contribution >= 0.6 is 0 Å². The first kappa shape index (κ1) is 17.4. The third-order valence-electron chi connectivity index (χ3n) is 5.09. The minimum absolute atomic E-state index is 0.00809. The first-order chi connectivity index (χ1) is 13.2. The molecular weight excluding hydrogens is 342 g/mol. The number of nitrogens with zero attached hydrogens (tertiary/aromatic N) is 2. The number of rotatable bonds is 4. The Labute approximate surface area is 158 Å². The normalized spacial score (nSPS) is 16.5. The number of carbonyl (C=O) groups excluding carboxylic acids is 2. The number of fused-ring (bicyclic) bond motifs is 1. The molecular formula is C21H23N3O3. The minimum atomic E-state index is 0.00809. The Morgan fingerprint density at radius 1 is 1.00 bits per heavy atom. The molecule has 0 aromatic heterocycles. The van der Waals surface area contributed by atoms with E-state index in [0.29, 0.717) is 31.7 Å². The molecule has 2 aliphatic heterocycles. The average molecular weight is 365 g/mol. The lowest BCUT2D eigenvalue weighted by atomic mass is 10.0. The van der Waals surface area contributed by atoms with E-state index >= 15 is 0 Å². The molecule has 0 atom stereocenters. The summed E-state index contributed by atoms with van der Waals surface area (Å²) < 4.78 is 5.71. The molecule has 2 amide bonds. The van der Waals surface area contributed by atoms with E-state index in [1.54, 1.807) is 6.07 Å². The van der Waals surface area contributed by atoms with E-state index in [4.69, 9.17) is 4.74 Å². The molecule has 0 unspecified atom stereocenters. The highest BCUT2D eigenvalue weighted by atomic mass is 16.5. The second-order valence-electron chi connectivity index (χ2n) is 6.86. The Bertz CT molecular complexity index is 830. The molecule has 27 heavy (non-hydrogen) atoms. The second kappa shape index (κ2) is 7.70. The maximum Gasteiger partial charge on any atom is 0.260 e. The number of hydrogen-bond acceptors (Lipinski definition) is 4. The van der Waals surface area contributed by atoms with Gasteiger partial charge in [-0.2, -0.15) is 0 Å². The number of hydrogen-bond donors (Lipinski definition) is 1. The SMILES string of the molecule is O=C1CCc2cc(OCC(=O)N3CCN(c4ccccc4)CC3)ccc2N1. The van der Waals surface area contributed by atoms with E-state index in [1.165, 1.54) is 5.69 Å². The summed E-state index contributed by atoms with van der Waals surface area (Å²) >= 11 is 0. The number of aryl methyl sites for hydroxylation is 1. The molecule has 0 spiro atoms. The van der Waals surface area contributed by atoms with Gasteiger partial charge in [0.2, 0.25) is 5.91 Å². The third kappa shape index (κ3) is 4.05. The fourth-order valence-electron chi connectivity index (χ4n) is 3.54. The van der Waals surface area contributed by atoms with Gasteiger partial charge in [0.1, 0.15) is 5.75 Å². The molecule has 1 N–H and O–H groups in total. The summed E-state index contributed by atoms with van der Waals surface area (Å²) in [6, 6.07) is 15.8. The van der Waals surface area contributed by atoms with Crippen molar-refractivity contribution in [3.8, 4) is 5.75 Å². The molecule has 1 fully saturated rings. The van der Waals surface area contributed by atoms with Crippen LogP contribution in [0.4, 0.5) is 11.4 Å². The molecule has 1 saturated heterocycles. The third-order valence-corrected chi connectivity index (χ3v) is 5.09. The van der Waals surface area contributed by atoms with Gasteiger partial charge in [-0.3, -0.25) is 9.59 Å². The van der Waals surface area contributed by atoms with Crippen LogP contribution in [0.3, 0.4) is 0 Å². The maximum atomic E-state index is 12.5. The fraction of sp³-hybridized carbons (Fsp3) is 0.333. The zero-order valence-electron chi connectivity index (χ0n) is 15.2. The van der Waals surface area contributed by atoms with Crippen molar-refractivity contribution >= 4 is 23.2 Å². The number of nitrogens with one attached hydrogen (secondary N) is 1. The lowest BCUT2D eigenvalue weighted by molar-refractivity contribution is -0.133. The quantitative estimate of drug-likeness (QED) is 0.903. The summed E-state index contributed by atoms with van der Waals surface area (Å²) in [6.07, 6.45) is 1.19. The van der Waals surface area contributed by atoms with Crippen LogP contribution in [0, 0.1) is 0 Å². The summed E-state index contributed by atoms with van der Waals surface area (Å²) in [5.74, 6) is 0.718. The standard InChI is InChI=1S/C21H23N3O3/c25-20-9-6-16-14-18(7-8-19(16)22-20)27-15-21(26)24-12-10-23(11-13-24)17-4-2-1-3-5-17/h1-5,7-8,14H,6,9-13,15H2,(H,22,25). The Morgan fingerprint density at radius 3 is 2.56 bits per heavy atom. The molecule has 2 aromatic carbocycles. The summed E-state index contributed by atoms with van der Waals surface area (Å²) in [5.41, 5.74) is 3.08. The number of benzene rings is 2. The van der Waals surface area contributed by atoms with Gasteiger partial charge in [-0.05, 0) is 42.3 Å². The Morgan fingerprint density at radius 2 is 1.78 bits per heavy atom. The smallest absolute Gasteiger partial charge is 0.260 e. The number of amides is 2. The van der Waals surface area contributed by atoms with E-state index in [-0.39, 0.29) is 18.4 Å². The minimum Gasteiger partial charge on any atom is -0.484 e. The summed E-state index contributed by atoms with van der Waals surface area (Å²) in [5, 5.41) is 2.85. The van der Waals surface area contributed by atoms with Crippen LogP contribution < -0.4 is 15.0 Å². The van der Waals surface area contributed by atoms with Gasteiger partial charge in [0, 0.05) is 44.0 Å². The lowest BCUT2D eigenvalue weighted by Crippen LogP contribution is -2.50. The molecule has 2 heterocycles. The van der Waals surface area contributed by atoms with Crippen LogP contribution in [0.1, 0.15) is 12.0 Å². The second-order valence-corrected chi connectivity index (χ2v) is 6.86. The Hall–Kier alpha value is -3.02. The van der Waals surface area contributed by atoms with Crippen molar-refractivity contribution in [2.24, 2.45) is 0 Å². The Kier molecular flexibility index (Phi) is 4.96. The number of ether oxygens (including phenoxy) is 1. The molecule has 2 aromatic rings. The molecule has 0 bridgehead atoms. The molecule has 0 radical (unpaired) electrons. The maximum absolute atomic E-state index is 12.5. The van der Waals surface area contributed by atoms with Crippen LogP contribution in [0.2, 0.25) is 0 Å². The van der Waals surface area contributed by atoms with Gasteiger partial charge in [0.25, 0.3) is 5.91 Å². The predicted molar refractivity (Wildman–Crippen MR) is 104 cm³/mol. The van der Waals surface area contributed by atoms with Crippen LogP contribution in [0.15, 0.2) is 48.5 Å². The summed E-state index contributed by atoms with van der Waals surface area (Å²) in [4.78, 5) is 28.0. The van der Waals surface area contributed by atoms with Crippen molar-refractivity contribution in [2.75, 3.05) is 43.0 Å². The Balaban J connectivity index is 1.28. The molecule has 0 saturated carbocycles. The van der Waals surface area contributed by atoms with Crippen LogP contribution in [-0.2, 0) is 16.0 Å². The summed E-state index contributed by atoms with van der Waals surface area (Å²) in [6.45, 7) is 3.10.